The molecule has 16 heavy (non-hydrogen) atoms. The Kier molecular flexibility index (Phi) is 7.99. The van der Waals surface area contributed by atoms with Gasteiger partial charge < -0.3 is 16.2 Å². The van der Waals surface area contributed by atoms with Gasteiger partial charge in [-0.2, -0.15) is 0 Å². The topological polar surface area (TPSA) is 61.3 Å². The molecule has 0 aromatic heterocycles. The van der Waals surface area contributed by atoms with E-state index in [4.69, 9.17) is 16.2 Å². The summed E-state index contributed by atoms with van der Waals surface area (Å²) in [5, 5.41) is 0. The minimum Gasteiger partial charge on any atom is -0.494 e. The molecule has 0 fully saturated rings. The Morgan fingerprint density at radius 3 is 2.75 bits per heavy atom. The fourth-order valence-corrected chi connectivity index (χ4v) is 1.51. The predicted octanol–water partition coefficient (Wildman–Crippen LogP) is 2.25. The van der Waals surface area contributed by atoms with Crippen molar-refractivity contribution in [3.63, 3.8) is 0 Å². The van der Waals surface area contributed by atoms with Crippen LogP contribution in [0.3, 0.4) is 0 Å². The molecule has 0 bridgehead atoms. The first kappa shape index (κ1) is 15.2. The Hall–Kier alpha value is -0.770. The number of hydrogen-bond acceptors (Lipinski definition) is 3. The first-order valence-corrected chi connectivity index (χ1v) is 5.46. The van der Waals surface area contributed by atoms with Gasteiger partial charge in [0.1, 0.15) is 5.75 Å². The molecule has 0 amide bonds. The van der Waals surface area contributed by atoms with Crippen LogP contribution in [-0.4, -0.2) is 13.2 Å². The Morgan fingerprint density at radius 2 is 2.12 bits per heavy atom. The van der Waals surface area contributed by atoms with Gasteiger partial charge in [0, 0.05) is 6.04 Å². The van der Waals surface area contributed by atoms with Crippen molar-refractivity contribution in [1.29, 1.82) is 0 Å². The van der Waals surface area contributed by atoms with Crippen LogP contribution in [0.15, 0.2) is 24.3 Å². The summed E-state index contributed by atoms with van der Waals surface area (Å²) >= 11 is 0. The summed E-state index contributed by atoms with van der Waals surface area (Å²) < 4.78 is 5.42. The van der Waals surface area contributed by atoms with Crippen LogP contribution in [0, 0.1) is 0 Å². The van der Waals surface area contributed by atoms with Crippen molar-refractivity contribution in [1.82, 2.24) is 0 Å². The van der Waals surface area contributed by atoms with Crippen molar-refractivity contribution in [2.45, 2.75) is 25.8 Å². The van der Waals surface area contributed by atoms with Crippen molar-refractivity contribution >= 4 is 12.4 Å². The molecule has 0 radical (unpaired) electrons. The number of halogens is 1. The number of nitrogens with two attached hydrogens (primary N) is 2. The molecule has 3 nitrogen and oxygen atoms in total. The number of benzene rings is 1. The van der Waals surface area contributed by atoms with Crippen LogP contribution in [0.2, 0.25) is 0 Å². The molecule has 0 heterocycles. The average Bonchev–Trinajstić information content (AvgIpc) is 2.27. The molecule has 0 aliphatic carbocycles. The van der Waals surface area contributed by atoms with Gasteiger partial charge in [-0.05, 0) is 44.0 Å². The van der Waals surface area contributed by atoms with Crippen LogP contribution >= 0.6 is 12.4 Å². The highest BCUT2D eigenvalue weighted by molar-refractivity contribution is 5.85. The average molecular weight is 245 g/mol. The third-order valence-electron chi connectivity index (χ3n) is 2.32. The Labute approximate surface area is 104 Å². The second-order valence-electron chi connectivity index (χ2n) is 3.54. The summed E-state index contributed by atoms with van der Waals surface area (Å²) in [5.41, 5.74) is 12.6. The fourth-order valence-electron chi connectivity index (χ4n) is 1.51. The number of rotatable bonds is 6. The van der Waals surface area contributed by atoms with Crippen molar-refractivity contribution in [3.8, 4) is 5.75 Å². The van der Waals surface area contributed by atoms with E-state index in [0.29, 0.717) is 13.2 Å². The summed E-state index contributed by atoms with van der Waals surface area (Å²) in [6, 6.07) is 8.02. The van der Waals surface area contributed by atoms with Gasteiger partial charge >= 0.3 is 0 Å². The maximum Gasteiger partial charge on any atom is 0.119 e. The third kappa shape index (κ3) is 4.84. The summed E-state index contributed by atoms with van der Waals surface area (Å²) in [7, 11) is 0. The van der Waals surface area contributed by atoms with Crippen molar-refractivity contribution < 1.29 is 4.74 Å². The summed E-state index contributed by atoms with van der Waals surface area (Å²) in [6.45, 7) is 3.35. The van der Waals surface area contributed by atoms with Crippen molar-refractivity contribution in [3.05, 3.63) is 29.8 Å². The van der Waals surface area contributed by atoms with E-state index in [0.717, 1.165) is 24.2 Å². The van der Waals surface area contributed by atoms with E-state index >= 15 is 0 Å². The van der Waals surface area contributed by atoms with Crippen LogP contribution in [0.5, 0.6) is 5.75 Å². The summed E-state index contributed by atoms with van der Waals surface area (Å²) in [6.07, 6.45) is 1.88. The maximum absolute atomic E-state index is 6.04. The first-order valence-electron chi connectivity index (χ1n) is 5.46. The largest absolute Gasteiger partial charge is 0.494 e. The van der Waals surface area contributed by atoms with Gasteiger partial charge in [0.15, 0.2) is 0 Å². The highest BCUT2D eigenvalue weighted by atomic mass is 35.5. The minimum absolute atomic E-state index is 0. The molecule has 92 valence electrons. The lowest BCUT2D eigenvalue weighted by Gasteiger charge is -2.12. The van der Waals surface area contributed by atoms with Gasteiger partial charge in [-0.3, -0.25) is 0 Å². The molecule has 4 N–H and O–H groups in total. The van der Waals surface area contributed by atoms with Gasteiger partial charge in [0.05, 0.1) is 6.61 Å². The normalized spacial score (nSPS) is 11.7. The quantitative estimate of drug-likeness (QED) is 0.807. The van der Waals surface area contributed by atoms with E-state index in [9.17, 15) is 0 Å². The SMILES string of the molecule is CCOc1cccc([C@H](N)CCCN)c1.Cl. The molecule has 1 aromatic carbocycles. The van der Waals surface area contributed by atoms with E-state index in [1.54, 1.807) is 0 Å². The molecule has 1 atom stereocenters. The van der Waals surface area contributed by atoms with E-state index in [1.807, 2.05) is 31.2 Å². The smallest absolute Gasteiger partial charge is 0.119 e. The fraction of sp³-hybridized carbons (Fsp3) is 0.500. The van der Waals surface area contributed by atoms with Gasteiger partial charge in [0.25, 0.3) is 0 Å². The highest BCUT2D eigenvalue weighted by Gasteiger charge is 2.05. The summed E-state index contributed by atoms with van der Waals surface area (Å²) in [4.78, 5) is 0. The molecule has 0 aliphatic heterocycles. The molecule has 0 saturated heterocycles. The van der Waals surface area contributed by atoms with Gasteiger partial charge in [-0.1, -0.05) is 12.1 Å². The van der Waals surface area contributed by atoms with E-state index < -0.39 is 0 Å². The zero-order chi connectivity index (χ0) is 11.1. The lowest BCUT2D eigenvalue weighted by molar-refractivity contribution is 0.339. The van der Waals surface area contributed by atoms with E-state index in [2.05, 4.69) is 0 Å². The molecule has 0 spiro atoms. The molecule has 1 aromatic rings. The Balaban J connectivity index is 0.00000225. The Bertz CT molecular complexity index is 294. The van der Waals surface area contributed by atoms with Gasteiger partial charge in [-0.25, -0.2) is 0 Å². The molecule has 0 aliphatic rings. The monoisotopic (exact) mass is 244 g/mol. The highest BCUT2D eigenvalue weighted by Crippen LogP contribution is 2.20. The lowest BCUT2D eigenvalue weighted by Crippen LogP contribution is -2.12. The Morgan fingerprint density at radius 1 is 1.38 bits per heavy atom. The second kappa shape index (κ2) is 8.39. The van der Waals surface area contributed by atoms with Gasteiger partial charge in [-0.15, -0.1) is 12.4 Å². The molecule has 4 heteroatoms. The molecule has 1 rings (SSSR count). The summed E-state index contributed by atoms with van der Waals surface area (Å²) in [5.74, 6) is 0.887. The van der Waals surface area contributed by atoms with E-state index in [-0.39, 0.29) is 18.4 Å². The van der Waals surface area contributed by atoms with Gasteiger partial charge in [0.2, 0.25) is 0 Å². The molecular formula is C12H21ClN2O. The first-order chi connectivity index (χ1) is 7.27. The van der Waals surface area contributed by atoms with Crippen LogP contribution in [0.25, 0.3) is 0 Å². The van der Waals surface area contributed by atoms with Crippen LogP contribution in [0.4, 0.5) is 0 Å². The third-order valence-corrected chi connectivity index (χ3v) is 2.32. The number of ether oxygens (including phenoxy) is 1. The maximum atomic E-state index is 6.04. The minimum atomic E-state index is 0. The second-order valence-corrected chi connectivity index (χ2v) is 3.54. The number of hydrogen-bond donors (Lipinski definition) is 2. The van der Waals surface area contributed by atoms with Crippen LogP contribution < -0.4 is 16.2 Å². The van der Waals surface area contributed by atoms with Crippen molar-refractivity contribution in [2.24, 2.45) is 11.5 Å². The zero-order valence-electron chi connectivity index (χ0n) is 9.69. The van der Waals surface area contributed by atoms with Crippen LogP contribution in [-0.2, 0) is 0 Å². The molecular weight excluding hydrogens is 224 g/mol. The lowest BCUT2D eigenvalue weighted by atomic mass is 10.0. The molecule has 0 unspecified atom stereocenters. The van der Waals surface area contributed by atoms with E-state index in [1.165, 1.54) is 0 Å². The molecule has 0 saturated carbocycles. The van der Waals surface area contributed by atoms with Crippen LogP contribution in [0.1, 0.15) is 31.4 Å². The predicted molar refractivity (Wildman–Crippen MR) is 70.1 cm³/mol. The van der Waals surface area contributed by atoms with Crippen molar-refractivity contribution in [2.75, 3.05) is 13.2 Å². The standard InChI is InChI=1S/C12H20N2O.ClH/c1-2-15-11-6-3-5-10(9-11)12(14)7-4-8-13;/h3,5-6,9,12H,2,4,7-8,13-14H2,1H3;1H/t12-;/m1./s1. The zero-order valence-corrected chi connectivity index (χ0v) is 10.5.